The molecule has 0 spiro atoms. The van der Waals surface area contributed by atoms with Crippen molar-refractivity contribution in [1.29, 1.82) is 0 Å². The quantitative estimate of drug-likeness (QED) is 0.847. The lowest BCUT2D eigenvalue weighted by atomic mass is 9.81. The van der Waals surface area contributed by atoms with Crippen LogP contribution in [-0.2, 0) is 0 Å². The molecule has 0 aliphatic heterocycles. The first kappa shape index (κ1) is 13.7. The number of hydrogen-bond donors (Lipinski definition) is 1. The number of hydrogen-bond acceptors (Lipinski definition) is 2. The van der Waals surface area contributed by atoms with E-state index in [1.807, 2.05) is 12.1 Å². The van der Waals surface area contributed by atoms with E-state index >= 15 is 0 Å². The molecular weight excluding hydrogens is 238 g/mol. The first-order chi connectivity index (χ1) is 9.02. The smallest absolute Gasteiger partial charge is 0.255 e. The Balaban J connectivity index is 2.06. The maximum Gasteiger partial charge on any atom is 0.255 e. The van der Waals surface area contributed by atoms with E-state index in [-0.39, 0.29) is 17.4 Å². The van der Waals surface area contributed by atoms with Gasteiger partial charge < -0.3 is 10.1 Å². The highest BCUT2D eigenvalue weighted by molar-refractivity contribution is 5.97. The first-order valence-electron chi connectivity index (χ1n) is 6.65. The van der Waals surface area contributed by atoms with Crippen LogP contribution in [0.3, 0.4) is 0 Å². The number of rotatable bonds is 3. The number of nitrogens with one attached hydrogen (secondary N) is 1. The van der Waals surface area contributed by atoms with Crippen molar-refractivity contribution in [2.45, 2.75) is 32.7 Å². The molecule has 102 valence electrons. The summed E-state index contributed by atoms with van der Waals surface area (Å²) in [4.78, 5) is 12.2. The first-order valence-corrected chi connectivity index (χ1v) is 6.65. The van der Waals surface area contributed by atoms with Gasteiger partial charge in [0, 0.05) is 6.04 Å². The zero-order valence-electron chi connectivity index (χ0n) is 11.8. The average molecular weight is 259 g/mol. The van der Waals surface area contributed by atoms with Crippen LogP contribution in [0.2, 0.25) is 0 Å². The summed E-state index contributed by atoms with van der Waals surface area (Å²) in [7, 11) is 1.58. The van der Waals surface area contributed by atoms with Crippen LogP contribution in [0, 0.1) is 5.41 Å². The van der Waals surface area contributed by atoms with E-state index in [9.17, 15) is 4.79 Å². The van der Waals surface area contributed by atoms with Gasteiger partial charge in [-0.05, 0) is 30.4 Å². The number of carbonyl (C=O) groups excluding carboxylic acids is 1. The Kier molecular flexibility index (Phi) is 3.93. The maximum absolute atomic E-state index is 12.2. The molecule has 1 unspecified atom stereocenters. The van der Waals surface area contributed by atoms with Crippen molar-refractivity contribution in [3.63, 3.8) is 0 Å². The molecule has 1 amide bonds. The summed E-state index contributed by atoms with van der Waals surface area (Å²) in [6, 6.07) is 7.40. The molecule has 0 heterocycles. The minimum atomic E-state index is -0.0770. The second-order valence-corrected chi connectivity index (χ2v) is 5.67. The molecule has 0 bridgehead atoms. The number of carbonyl (C=O) groups is 1. The molecule has 0 saturated heterocycles. The number of allylic oxidation sites excluding steroid dienone is 1. The Hall–Kier alpha value is -1.77. The highest BCUT2D eigenvalue weighted by Crippen LogP contribution is 2.29. The van der Waals surface area contributed by atoms with Gasteiger partial charge >= 0.3 is 0 Å². The van der Waals surface area contributed by atoms with Crippen molar-refractivity contribution in [3.8, 4) is 5.75 Å². The van der Waals surface area contributed by atoms with Crippen molar-refractivity contribution in [2.75, 3.05) is 7.11 Å². The Bertz CT molecular complexity index is 491. The summed E-state index contributed by atoms with van der Waals surface area (Å²) < 4.78 is 5.21. The minimum Gasteiger partial charge on any atom is -0.496 e. The fourth-order valence-corrected chi connectivity index (χ4v) is 2.28. The van der Waals surface area contributed by atoms with Crippen molar-refractivity contribution >= 4 is 5.91 Å². The van der Waals surface area contributed by atoms with Gasteiger partial charge in [-0.2, -0.15) is 0 Å². The van der Waals surface area contributed by atoms with E-state index in [1.54, 1.807) is 19.2 Å². The van der Waals surface area contributed by atoms with Gasteiger partial charge in [-0.15, -0.1) is 0 Å². The van der Waals surface area contributed by atoms with Gasteiger partial charge in [-0.1, -0.05) is 38.1 Å². The number of para-hydroxylation sites is 1. The second kappa shape index (κ2) is 5.47. The van der Waals surface area contributed by atoms with Gasteiger partial charge in [0.2, 0.25) is 0 Å². The predicted octanol–water partition coefficient (Wildman–Crippen LogP) is 3.17. The molecule has 0 radical (unpaired) electrons. The summed E-state index contributed by atoms with van der Waals surface area (Å²) >= 11 is 0. The monoisotopic (exact) mass is 259 g/mol. The summed E-state index contributed by atoms with van der Waals surface area (Å²) in [5.41, 5.74) is 0.828. The van der Waals surface area contributed by atoms with Crippen LogP contribution in [0.5, 0.6) is 5.75 Å². The molecule has 3 heteroatoms. The van der Waals surface area contributed by atoms with Crippen LogP contribution in [0.25, 0.3) is 0 Å². The molecule has 1 aromatic rings. The zero-order valence-corrected chi connectivity index (χ0v) is 11.8. The minimum absolute atomic E-state index is 0.0770. The molecule has 1 atom stereocenters. The maximum atomic E-state index is 12.2. The van der Waals surface area contributed by atoms with Gasteiger partial charge in [0.1, 0.15) is 5.75 Å². The van der Waals surface area contributed by atoms with Gasteiger partial charge in [-0.25, -0.2) is 0 Å². The fourth-order valence-electron chi connectivity index (χ4n) is 2.28. The third-order valence-electron chi connectivity index (χ3n) is 3.55. The standard InChI is InChI=1S/C16H21NO2/c1-16(2)10-8-12(9-11-16)17-15(18)13-6-4-5-7-14(13)19-3/h4-8,10,12H,9,11H2,1-3H3,(H,17,18). The van der Waals surface area contributed by atoms with Crippen LogP contribution in [0.4, 0.5) is 0 Å². The van der Waals surface area contributed by atoms with Crippen LogP contribution < -0.4 is 10.1 Å². The molecule has 3 nitrogen and oxygen atoms in total. The number of methoxy groups -OCH3 is 1. The van der Waals surface area contributed by atoms with Crippen LogP contribution in [-0.4, -0.2) is 19.1 Å². The summed E-state index contributed by atoms with van der Waals surface area (Å²) in [5.74, 6) is 0.534. The van der Waals surface area contributed by atoms with Crippen molar-refractivity contribution < 1.29 is 9.53 Å². The van der Waals surface area contributed by atoms with Crippen molar-refractivity contribution in [2.24, 2.45) is 5.41 Å². The highest BCUT2D eigenvalue weighted by atomic mass is 16.5. The Morgan fingerprint density at radius 2 is 2.11 bits per heavy atom. The van der Waals surface area contributed by atoms with Gasteiger partial charge in [0.25, 0.3) is 5.91 Å². The van der Waals surface area contributed by atoms with Gasteiger partial charge in [0.05, 0.1) is 12.7 Å². The van der Waals surface area contributed by atoms with E-state index in [0.717, 1.165) is 12.8 Å². The van der Waals surface area contributed by atoms with E-state index < -0.39 is 0 Å². The van der Waals surface area contributed by atoms with Gasteiger partial charge in [-0.3, -0.25) is 4.79 Å². The molecule has 0 fully saturated rings. The van der Waals surface area contributed by atoms with Crippen LogP contribution in [0.15, 0.2) is 36.4 Å². The predicted molar refractivity (Wildman–Crippen MR) is 76.4 cm³/mol. The number of amides is 1. The molecule has 1 aromatic carbocycles. The Morgan fingerprint density at radius 3 is 2.74 bits per heavy atom. The Morgan fingerprint density at radius 1 is 1.37 bits per heavy atom. The summed E-state index contributed by atoms with van der Waals surface area (Å²) in [5, 5.41) is 3.04. The van der Waals surface area contributed by atoms with Crippen LogP contribution in [0.1, 0.15) is 37.0 Å². The summed E-state index contributed by atoms with van der Waals surface area (Å²) in [6.07, 6.45) is 6.34. The molecular formula is C16H21NO2. The van der Waals surface area contributed by atoms with E-state index in [0.29, 0.717) is 11.3 Å². The molecule has 1 aliphatic carbocycles. The third kappa shape index (κ3) is 3.37. The highest BCUT2D eigenvalue weighted by Gasteiger charge is 2.23. The Labute approximate surface area is 114 Å². The topological polar surface area (TPSA) is 38.3 Å². The normalized spacial score (nSPS) is 20.9. The fraction of sp³-hybridized carbons (Fsp3) is 0.438. The molecule has 19 heavy (non-hydrogen) atoms. The average Bonchev–Trinajstić information content (AvgIpc) is 2.41. The van der Waals surface area contributed by atoms with Crippen LogP contribution >= 0.6 is 0 Å². The van der Waals surface area contributed by atoms with Gasteiger partial charge in [0.15, 0.2) is 0 Å². The summed E-state index contributed by atoms with van der Waals surface area (Å²) in [6.45, 7) is 4.42. The molecule has 2 rings (SSSR count). The lowest BCUT2D eigenvalue weighted by molar-refractivity contribution is 0.0936. The number of ether oxygens (including phenoxy) is 1. The molecule has 1 N–H and O–H groups in total. The van der Waals surface area contributed by atoms with E-state index in [2.05, 4.69) is 31.3 Å². The van der Waals surface area contributed by atoms with Crippen molar-refractivity contribution in [1.82, 2.24) is 5.32 Å². The SMILES string of the molecule is COc1ccccc1C(=O)NC1C=CC(C)(C)CC1. The molecule has 1 aliphatic rings. The lowest BCUT2D eigenvalue weighted by Gasteiger charge is -2.29. The third-order valence-corrected chi connectivity index (χ3v) is 3.55. The number of benzene rings is 1. The molecule has 0 saturated carbocycles. The largest absolute Gasteiger partial charge is 0.496 e. The van der Waals surface area contributed by atoms with E-state index in [1.165, 1.54) is 0 Å². The lowest BCUT2D eigenvalue weighted by Crippen LogP contribution is -2.36. The van der Waals surface area contributed by atoms with Crippen molar-refractivity contribution in [3.05, 3.63) is 42.0 Å². The zero-order chi connectivity index (χ0) is 13.9. The van der Waals surface area contributed by atoms with E-state index in [4.69, 9.17) is 4.74 Å². The second-order valence-electron chi connectivity index (χ2n) is 5.67. The molecule has 0 aromatic heterocycles.